The van der Waals surface area contributed by atoms with Crippen molar-refractivity contribution in [1.29, 1.82) is 0 Å². The fraction of sp³-hybridized carbons (Fsp3) is 0.300. The molecule has 5 heteroatoms. The molecule has 1 heterocycles. The second-order valence-corrected chi connectivity index (χ2v) is 2.91. The van der Waals surface area contributed by atoms with E-state index in [1.807, 2.05) is 0 Å². The number of hydrogen-bond donors (Lipinski definition) is 1. The molecule has 5 nitrogen and oxygen atoms in total. The molecule has 0 aromatic carbocycles. The summed E-state index contributed by atoms with van der Waals surface area (Å²) < 4.78 is 5.11. The molecule has 1 aromatic heterocycles. The summed E-state index contributed by atoms with van der Waals surface area (Å²) in [4.78, 5) is 18.3. The first-order chi connectivity index (χ1) is 7.02. The SMILES string of the molecule is C#CC(C)Oc1nc(C)cc(C(=O)O)n1. The van der Waals surface area contributed by atoms with Crippen molar-refractivity contribution < 1.29 is 14.6 Å². The van der Waals surface area contributed by atoms with Crippen LogP contribution in [0.2, 0.25) is 0 Å². The summed E-state index contributed by atoms with van der Waals surface area (Å²) in [6.07, 6.45) is 4.62. The summed E-state index contributed by atoms with van der Waals surface area (Å²) in [6, 6.07) is 1.34. The highest BCUT2D eigenvalue weighted by Gasteiger charge is 2.10. The number of aromatic carboxylic acids is 1. The first-order valence-electron chi connectivity index (χ1n) is 4.24. The highest BCUT2D eigenvalue weighted by atomic mass is 16.5. The highest BCUT2D eigenvalue weighted by Crippen LogP contribution is 2.08. The summed E-state index contributed by atoms with van der Waals surface area (Å²) >= 11 is 0. The van der Waals surface area contributed by atoms with Crippen LogP contribution < -0.4 is 4.74 Å². The third kappa shape index (κ3) is 2.95. The molecule has 0 amide bonds. The topological polar surface area (TPSA) is 72.3 Å². The van der Waals surface area contributed by atoms with E-state index in [1.165, 1.54) is 6.07 Å². The van der Waals surface area contributed by atoms with Crippen LogP contribution in [0, 0.1) is 19.3 Å². The maximum absolute atomic E-state index is 10.7. The van der Waals surface area contributed by atoms with Crippen LogP contribution >= 0.6 is 0 Å². The Bertz CT molecular complexity index is 423. The molecular formula is C10H10N2O3. The third-order valence-corrected chi connectivity index (χ3v) is 1.57. The van der Waals surface area contributed by atoms with E-state index in [-0.39, 0.29) is 11.7 Å². The van der Waals surface area contributed by atoms with Crippen LogP contribution in [0.25, 0.3) is 0 Å². The average Bonchev–Trinajstić information content (AvgIpc) is 2.16. The molecule has 0 aliphatic carbocycles. The molecule has 0 aliphatic heterocycles. The minimum atomic E-state index is -1.13. The van der Waals surface area contributed by atoms with Gasteiger partial charge >= 0.3 is 12.0 Å². The first kappa shape index (κ1) is 11.0. The van der Waals surface area contributed by atoms with Gasteiger partial charge in [-0.25, -0.2) is 9.78 Å². The number of hydrogen-bond acceptors (Lipinski definition) is 4. The Morgan fingerprint density at radius 2 is 2.33 bits per heavy atom. The molecule has 0 saturated heterocycles. The van der Waals surface area contributed by atoms with Gasteiger partial charge in [-0.3, -0.25) is 0 Å². The third-order valence-electron chi connectivity index (χ3n) is 1.57. The summed E-state index contributed by atoms with van der Waals surface area (Å²) in [5, 5.41) is 8.74. The average molecular weight is 206 g/mol. The number of rotatable bonds is 3. The van der Waals surface area contributed by atoms with E-state index in [4.69, 9.17) is 16.3 Å². The van der Waals surface area contributed by atoms with E-state index in [0.717, 1.165) is 0 Å². The number of carboxylic acid groups (broad SMARTS) is 1. The lowest BCUT2D eigenvalue weighted by atomic mass is 10.3. The quantitative estimate of drug-likeness (QED) is 0.743. The Morgan fingerprint density at radius 1 is 1.67 bits per heavy atom. The first-order valence-corrected chi connectivity index (χ1v) is 4.24. The zero-order chi connectivity index (χ0) is 11.4. The molecular weight excluding hydrogens is 196 g/mol. The molecule has 0 radical (unpaired) electrons. The Kier molecular flexibility index (Phi) is 3.24. The van der Waals surface area contributed by atoms with Crippen molar-refractivity contribution >= 4 is 5.97 Å². The zero-order valence-electron chi connectivity index (χ0n) is 8.39. The molecule has 1 rings (SSSR count). The van der Waals surface area contributed by atoms with Gasteiger partial charge in [0, 0.05) is 5.69 Å². The Balaban J connectivity index is 3.00. The van der Waals surface area contributed by atoms with E-state index in [0.29, 0.717) is 5.69 Å². The fourth-order valence-electron chi connectivity index (χ4n) is 0.896. The monoisotopic (exact) mass is 206 g/mol. The lowest BCUT2D eigenvalue weighted by molar-refractivity contribution is 0.0688. The summed E-state index contributed by atoms with van der Waals surface area (Å²) in [5.74, 6) is 1.21. The molecule has 0 spiro atoms. The molecule has 0 bridgehead atoms. The molecule has 15 heavy (non-hydrogen) atoms. The predicted molar refractivity (Wildman–Crippen MR) is 52.7 cm³/mol. The normalized spacial score (nSPS) is 11.5. The van der Waals surface area contributed by atoms with Crippen molar-refractivity contribution in [3.05, 3.63) is 17.5 Å². The van der Waals surface area contributed by atoms with E-state index >= 15 is 0 Å². The number of aromatic nitrogens is 2. The van der Waals surface area contributed by atoms with Crippen LogP contribution in [0.3, 0.4) is 0 Å². The second-order valence-electron chi connectivity index (χ2n) is 2.91. The van der Waals surface area contributed by atoms with Crippen molar-refractivity contribution in [3.63, 3.8) is 0 Å². The van der Waals surface area contributed by atoms with Gasteiger partial charge in [0.05, 0.1) is 0 Å². The van der Waals surface area contributed by atoms with Crippen LogP contribution in [0.5, 0.6) is 6.01 Å². The van der Waals surface area contributed by atoms with Crippen LogP contribution in [0.4, 0.5) is 0 Å². The number of terminal acetylenes is 1. The van der Waals surface area contributed by atoms with E-state index in [1.54, 1.807) is 13.8 Å². The van der Waals surface area contributed by atoms with Gasteiger partial charge in [-0.15, -0.1) is 6.42 Å². The Morgan fingerprint density at radius 3 is 2.87 bits per heavy atom. The Hall–Kier alpha value is -2.09. The zero-order valence-corrected chi connectivity index (χ0v) is 8.39. The molecule has 1 unspecified atom stereocenters. The predicted octanol–water partition coefficient (Wildman–Crippen LogP) is 0.884. The molecule has 78 valence electrons. The van der Waals surface area contributed by atoms with Gasteiger partial charge in [0.15, 0.2) is 11.8 Å². The van der Waals surface area contributed by atoms with Crippen molar-refractivity contribution in [1.82, 2.24) is 9.97 Å². The van der Waals surface area contributed by atoms with Crippen LogP contribution in [-0.4, -0.2) is 27.1 Å². The van der Waals surface area contributed by atoms with E-state index < -0.39 is 12.1 Å². The number of carbonyl (C=O) groups is 1. The molecule has 0 fully saturated rings. The van der Waals surface area contributed by atoms with E-state index in [2.05, 4.69) is 15.9 Å². The standard InChI is InChI=1S/C10H10N2O3/c1-4-7(3)15-10-11-6(2)5-8(12-10)9(13)14/h1,5,7H,2-3H3,(H,13,14). The minimum absolute atomic E-state index is 0.0159. The van der Waals surface area contributed by atoms with Gasteiger partial charge in [-0.1, -0.05) is 5.92 Å². The van der Waals surface area contributed by atoms with Crippen LogP contribution in [-0.2, 0) is 0 Å². The van der Waals surface area contributed by atoms with Gasteiger partial charge in [-0.2, -0.15) is 4.98 Å². The van der Waals surface area contributed by atoms with Crippen molar-refractivity contribution in [2.75, 3.05) is 0 Å². The Labute approximate surface area is 87.1 Å². The number of nitrogens with zero attached hydrogens (tertiary/aromatic N) is 2. The summed E-state index contributed by atoms with van der Waals surface area (Å²) in [5.41, 5.74) is 0.406. The molecule has 1 atom stereocenters. The fourth-order valence-corrected chi connectivity index (χ4v) is 0.896. The minimum Gasteiger partial charge on any atom is -0.477 e. The molecule has 0 aliphatic rings. The highest BCUT2D eigenvalue weighted by molar-refractivity contribution is 5.85. The largest absolute Gasteiger partial charge is 0.477 e. The molecule has 1 aromatic rings. The van der Waals surface area contributed by atoms with Gasteiger partial charge in [0.2, 0.25) is 0 Å². The van der Waals surface area contributed by atoms with Crippen LogP contribution in [0.15, 0.2) is 6.07 Å². The molecule has 1 N–H and O–H groups in total. The number of carboxylic acids is 1. The maximum Gasteiger partial charge on any atom is 0.354 e. The van der Waals surface area contributed by atoms with E-state index in [9.17, 15) is 4.79 Å². The van der Waals surface area contributed by atoms with Crippen LogP contribution in [0.1, 0.15) is 23.1 Å². The maximum atomic E-state index is 10.7. The van der Waals surface area contributed by atoms with Crippen molar-refractivity contribution in [3.8, 4) is 18.4 Å². The second kappa shape index (κ2) is 4.42. The lowest BCUT2D eigenvalue weighted by Crippen LogP contribution is -2.13. The van der Waals surface area contributed by atoms with Gasteiger partial charge in [0.25, 0.3) is 0 Å². The van der Waals surface area contributed by atoms with Crippen molar-refractivity contribution in [2.45, 2.75) is 20.0 Å². The number of ether oxygens (including phenoxy) is 1. The van der Waals surface area contributed by atoms with Gasteiger partial charge in [-0.05, 0) is 19.9 Å². The van der Waals surface area contributed by atoms with Gasteiger partial charge in [0.1, 0.15) is 0 Å². The smallest absolute Gasteiger partial charge is 0.354 e. The number of aryl methyl sites for hydroxylation is 1. The lowest BCUT2D eigenvalue weighted by Gasteiger charge is -2.07. The summed E-state index contributed by atoms with van der Waals surface area (Å²) in [7, 11) is 0. The van der Waals surface area contributed by atoms with Gasteiger partial charge < -0.3 is 9.84 Å². The molecule has 0 saturated carbocycles. The summed E-state index contributed by atoms with van der Waals surface area (Å²) in [6.45, 7) is 3.30. The van der Waals surface area contributed by atoms with Crippen molar-refractivity contribution in [2.24, 2.45) is 0 Å².